The zero-order chi connectivity index (χ0) is 13.1. The third-order valence-electron chi connectivity index (χ3n) is 2.21. The molecule has 3 N–H and O–H groups in total. The maximum Gasteiger partial charge on any atom is 0.140 e. The smallest absolute Gasteiger partial charge is 0.140 e. The number of nitrogen functional groups attached to an aromatic ring is 1. The van der Waals surface area contributed by atoms with E-state index >= 15 is 0 Å². The summed E-state index contributed by atoms with van der Waals surface area (Å²) in [5, 5.41) is 0. The van der Waals surface area contributed by atoms with Crippen molar-refractivity contribution in [3.63, 3.8) is 0 Å². The number of hydrogen-bond donors (Lipinski definition) is 2. The Labute approximate surface area is 107 Å². The minimum atomic E-state index is 0.480. The summed E-state index contributed by atoms with van der Waals surface area (Å²) in [7, 11) is 1.66. The van der Waals surface area contributed by atoms with E-state index < -0.39 is 0 Å². The Balaban J connectivity index is 2.03. The normalized spacial score (nSPS) is 10.6. The molecule has 0 amide bonds. The number of nitrogens with one attached hydrogen (secondary N) is 1. The molecular weight excluding hydrogens is 234 g/mol. The van der Waals surface area contributed by atoms with Crippen molar-refractivity contribution in [1.29, 1.82) is 0 Å². The summed E-state index contributed by atoms with van der Waals surface area (Å²) in [6, 6.07) is 5.58. The molecule has 0 aliphatic heterocycles. The summed E-state index contributed by atoms with van der Waals surface area (Å²) in [6.45, 7) is 3.07. The minimum absolute atomic E-state index is 0.480. The zero-order valence-electron chi connectivity index (χ0n) is 10.7. The van der Waals surface area contributed by atoms with E-state index in [0.29, 0.717) is 38.9 Å². The molecule has 0 bridgehead atoms. The fourth-order valence-corrected chi connectivity index (χ4v) is 1.32. The highest BCUT2D eigenvalue weighted by molar-refractivity contribution is 5.33. The van der Waals surface area contributed by atoms with Crippen molar-refractivity contribution in [3.8, 4) is 0 Å². The number of anilines is 1. The lowest BCUT2D eigenvalue weighted by Gasteiger charge is -2.06. The summed E-state index contributed by atoms with van der Waals surface area (Å²) in [5.74, 6) is 5.91. The van der Waals surface area contributed by atoms with E-state index in [2.05, 4.69) is 10.4 Å². The van der Waals surface area contributed by atoms with Gasteiger partial charge >= 0.3 is 0 Å². The summed E-state index contributed by atoms with van der Waals surface area (Å²) in [6.07, 6.45) is 0.860. The molecule has 102 valence electrons. The molecule has 0 radical (unpaired) electrons. The van der Waals surface area contributed by atoms with Crippen molar-refractivity contribution in [2.75, 3.05) is 39.0 Å². The van der Waals surface area contributed by atoms with Crippen LogP contribution in [0.2, 0.25) is 0 Å². The van der Waals surface area contributed by atoms with Crippen molar-refractivity contribution >= 4 is 5.82 Å². The summed E-state index contributed by atoms with van der Waals surface area (Å²) < 4.78 is 15.7. The first-order chi connectivity index (χ1) is 8.86. The van der Waals surface area contributed by atoms with Gasteiger partial charge in [0.2, 0.25) is 0 Å². The monoisotopic (exact) mass is 255 g/mol. The molecule has 1 aromatic rings. The summed E-state index contributed by atoms with van der Waals surface area (Å²) >= 11 is 0. The van der Waals surface area contributed by atoms with Gasteiger partial charge in [0, 0.05) is 20.3 Å². The molecule has 1 aromatic heterocycles. The van der Waals surface area contributed by atoms with Gasteiger partial charge in [-0.05, 0) is 18.6 Å². The highest BCUT2D eigenvalue weighted by atomic mass is 16.5. The molecule has 1 heterocycles. The number of ether oxygens (including phenoxy) is 3. The molecular formula is C12H21N3O3. The van der Waals surface area contributed by atoms with Crippen molar-refractivity contribution in [3.05, 3.63) is 23.9 Å². The third kappa shape index (κ3) is 6.51. The van der Waals surface area contributed by atoms with Crippen LogP contribution >= 0.6 is 0 Å². The van der Waals surface area contributed by atoms with Gasteiger partial charge in [0.15, 0.2) is 0 Å². The molecule has 6 nitrogen and oxygen atoms in total. The largest absolute Gasteiger partial charge is 0.382 e. The van der Waals surface area contributed by atoms with Gasteiger partial charge in [-0.2, -0.15) is 0 Å². The van der Waals surface area contributed by atoms with Crippen LogP contribution in [0.25, 0.3) is 0 Å². The number of nitrogens with two attached hydrogens (primary N) is 1. The van der Waals surface area contributed by atoms with E-state index in [0.717, 1.165) is 12.1 Å². The topological polar surface area (TPSA) is 78.6 Å². The van der Waals surface area contributed by atoms with Gasteiger partial charge in [-0.25, -0.2) is 10.8 Å². The van der Waals surface area contributed by atoms with Crippen molar-refractivity contribution in [2.24, 2.45) is 5.84 Å². The number of hydrogen-bond acceptors (Lipinski definition) is 6. The van der Waals surface area contributed by atoms with Crippen LogP contribution in [0.5, 0.6) is 0 Å². The first kappa shape index (κ1) is 14.8. The van der Waals surface area contributed by atoms with Gasteiger partial charge < -0.3 is 19.6 Å². The van der Waals surface area contributed by atoms with Crippen molar-refractivity contribution in [2.45, 2.75) is 13.0 Å². The van der Waals surface area contributed by atoms with E-state index in [9.17, 15) is 0 Å². The van der Waals surface area contributed by atoms with Gasteiger partial charge in [0.05, 0.1) is 25.5 Å². The van der Waals surface area contributed by atoms with Gasteiger partial charge in [-0.1, -0.05) is 6.07 Å². The molecule has 6 heteroatoms. The molecule has 0 spiro atoms. The molecule has 0 saturated carbocycles. The lowest BCUT2D eigenvalue weighted by Crippen LogP contribution is -2.10. The van der Waals surface area contributed by atoms with E-state index in [1.54, 1.807) is 13.2 Å². The second-order valence-corrected chi connectivity index (χ2v) is 3.67. The average molecular weight is 255 g/mol. The van der Waals surface area contributed by atoms with Crippen LogP contribution in [0.1, 0.15) is 12.1 Å². The van der Waals surface area contributed by atoms with E-state index in [1.165, 1.54) is 0 Å². The molecule has 0 aromatic carbocycles. The first-order valence-electron chi connectivity index (χ1n) is 5.94. The van der Waals surface area contributed by atoms with Gasteiger partial charge in [-0.15, -0.1) is 0 Å². The SMILES string of the molecule is COCCOCCCOCc1cccc(NN)n1. The van der Waals surface area contributed by atoms with E-state index in [4.69, 9.17) is 20.1 Å². The standard InChI is InChI=1S/C12H21N3O3/c1-16-8-9-17-6-3-7-18-10-11-4-2-5-12(14-11)15-13/h2,4-5H,3,6-10,13H2,1H3,(H,14,15). The van der Waals surface area contributed by atoms with Crippen LogP contribution in [0.4, 0.5) is 5.82 Å². The fourth-order valence-electron chi connectivity index (χ4n) is 1.32. The number of hydrazine groups is 1. The molecule has 0 saturated heterocycles. The van der Waals surface area contributed by atoms with E-state index in [1.807, 2.05) is 12.1 Å². The molecule has 0 atom stereocenters. The Kier molecular flexibility index (Phi) is 8.07. The highest BCUT2D eigenvalue weighted by Gasteiger charge is 1.97. The van der Waals surface area contributed by atoms with Crippen LogP contribution in [0, 0.1) is 0 Å². The first-order valence-corrected chi connectivity index (χ1v) is 5.94. The summed E-state index contributed by atoms with van der Waals surface area (Å²) in [4.78, 5) is 4.24. The molecule has 0 aliphatic carbocycles. The highest BCUT2D eigenvalue weighted by Crippen LogP contribution is 2.04. The second-order valence-electron chi connectivity index (χ2n) is 3.67. The Morgan fingerprint density at radius 2 is 2.00 bits per heavy atom. The fraction of sp³-hybridized carbons (Fsp3) is 0.583. The van der Waals surface area contributed by atoms with Crippen LogP contribution in [0.3, 0.4) is 0 Å². The number of nitrogens with zero attached hydrogens (tertiary/aromatic N) is 1. The quantitative estimate of drug-likeness (QED) is 0.368. The number of aromatic nitrogens is 1. The maximum absolute atomic E-state index is 5.48. The van der Waals surface area contributed by atoms with Crippen LogP contribution in [-0.4, -0.2) is 38.5 Å². The molecule has 0 aliphatic rings. The van der Waals surface area contributed by atoms with Gasteiger partial charge in [0.25, 0.3) is 0 Å². The number of pyridine rings is 1. The lowest BCUT2D eigenvalue weighted by molar-refractivity contribution is 0.0478. The molecule has 0 fully saturated rings. The van der Waals surface area contributed by atoms with Crippen LogP contribution < -0.4 is 11.3 Å². The number of rotatable bonds is 10. The van der Waals surface area contributed by atoms with Crippen molar-refractivity contribution in [1.82, 2.24) is 4.98 Å². The Morgan fingerprint density at radius 3 is 2.78 bits per heavy atom. The second kappa shape index (κ2) is 9.78. The molecule has 1 rings (SSSR count). The molecule has 18 heavy (non-hydrogen) atoms. The Bertz CT molecular complexity index is 323. The van der Waals surface area contributed by atoms with Crippen LogP contribution in [-0.2, 0) is 20.8 Å². The average Bonchev–Trinajstić information content (AvgIpc) is 2.42. The third-order valence-corrected chi connectivity index (χ3v) is 2.21. The Morgan fingerprint density at radius 1 is 1.17 bits per heavy atom. The maximum atomic E-state index is 5.48. The van der Waals surface area contributed by atoms with Gasteiger partial charge in [-0.3, -0.25) is 0 Å². The Hall–Kier alpha value is -1.21. The predicted octanol–water partition coefficient (Wildman–Crippen LogP) is 0.937. The zero-order valence-corrected chi connectivity index (χ0v) is 10.7. The summed E-state index contributed by atoms with van der Waals surface area (Å²) in [5.41, 5.74) is 3.35. The minimum Gasteiger partial charge on any atom is -0.382 e. The molecule has 0 unspecified atom stereocenters. The van der Waals surface area contributed by atoms with Crippen LogP contribution in [0.15, 0.2) is 18.2 Å². The van der Waals surface area contributed by atoms with Gasteiger partial charge in [0.1, 0.15) is 5.82 Å². The lowest BCUT2D eigenvalue weighted by atomic mass is 10.3. The number of methoxy groups -OCH3 is 1. The van der Waals surface area contributed by atoms with E-state index in [-0.39, 0.29) is 0 Å². The predicted molar refractivity (Wildman–Crippen MR) is 69.0 cm³/mol. The van der Waals surface area contributed by atoms with Crippen molar-refractivity contribution < 1.29 is 14.2 Å².